The fourth-order valence-corrected chi connectivity index (χ4v) is 2.56. The van der Waals surface area contributed by atoms with Crippen molar-refractivity contribution < 1.29 is 13.9 Å². The first kappa shape index (κ1) is 17.0. The molecule has 1 amide bonds. The molecule has 0 fully saturated rings. The Kier molecular flexibility index (Phi) is 5.97. The lowest BCUT2D eigenvalue weighted by atomic mass is 10.2. The van der Waals surface area contributed by atoms with Gasteiger partial charge in [-0.05, 0) is 29.8 Å². The average Bonchev–Trinajstić information content (AvgIpc) is 2.48. The highest BCUT2D eigenvalue weighted by atomic mass is 79.9. The van der Waals surface area contributed by atoms with E-state index < -0.39 is 5.82 Å². The molecule has 0 unspecified atom stereocenters. The van der Waals surface area contributed by atoms with Gasteiger partial charge in [0.2, 0.25) is 0 Å². The van der Waals surface area contributed by atoms with Crippen LogP contribution in [0.3, 0.4) is 0 Å². The number of rotatable bonds is 5. The SMILES string of the molecule is CN(Cc1ccccc1Br)C(=O)COc1ccc(Br)cc1F. The Bertz CT molecular complexity index is 679. The van der Waals surface area contributed by atoms with Crippen LogP contribution in [0.25, 0.3) is 0 Å². The maximum Gasteiger partial charge on any atom is 0.260 e. The number of benzene rings is 2. The first-order valence-corrected chi connectivity index (χ1v) is 8.11. The maximum absolute atomic E-state index is 13.6. The molecule has 0 spiro atoms. The predicted molar refractivity (Wildman–Crippen MR) is 90.2 cm³/mol. The number of ether oxygens (including phenoxy) is 1. The molecule has 2 aromatic carbocycles. The third kappa shape index (κ3) is 4.55. The summed E-state index contributed by atoms with van der Waals surface area (Å²) in [6.45, 7) is 0.242. The zero-order valence-corrected chi connectivity index (χ0v) is 15.0. The number of hydrogen-bond donors (Lipinski definition) is 0. The van der Waals surface area contributed by atoms with Crippen LogP contribution in [0.4, 0.5) is 4.39 Å². The van der Waals surface area contributed by atoms with Crippen LogP contribution in [-0.2, 0) is 11.3 Å². The molecule has 116 valence electrons. The third-order valence-electron chi connectivity index (χ3n) is 3.04. The zero-order valence-electron chi connectivity index (χ0n) is 11.9. The van der Waals surface area contributed by atoms with Crippen LogP contribution in [0.1, 0.15) is 5.56 Å². The quantitative estimate of drug-likeness (QED) is 0.704. The van der Waals surface area contributed by atoms with Crippen molar-refractivity contribution in [2.24, 2.45) is 0 Å². The van der Waals surface area contributed by atoms with E-state index in [1.54, 1.807) is 13.1 Å². The van der Waals surface area contributed by atoms with Gasteiger partial charge in [-0.1, -0.05) is 50.1 Å². The van der Waals surface area contributed by atoms with Crippen molar-refractivity contribution in [3.63, 3.8) is 0 Å². The van der Waals surface area contributed by atoms with Gasteiger partial charge >= 0.3 is 0 Å². The number of carbonyl (C=O) groups excluding carboxylic acids is 1. The number of hydrogen-bond acceptors (Lipinski definition) is 2. The van der Waals surface area contributed by atoms with Gasteiger partial charge in [-0.3, -0.25) is 4.79 Å². The van der Waals surface area contributed by atoms with Gasteiger partial charge in [0.25, 0.3) is 5.91 Å². The molecule has 0 aliphatic rings. The standard InChI is InChI=1S/C16H14Br2FNO2/c1-20(9-11-4-2-3-5-13(11)18)16(21)10-22-15-7-6-12(17)8-14(15)19/h2-8H,9-10H2,1H3. The van der Waals surface area contributed by atoms with Gasteiger partial charge in [0.1, 0.15) is 0 Å². The van der Waals surface area contributed by atoms with Crippen molar-refractivity contribution >= 4 is 37.8 Å². The predicted octanol–water partition coefficient (Wildman–Crippen LogP) is 4.39. The molecule has 0 atom stereocenters. The summed E-state index contributed by atoms with van der Waals surface area (Å²) < 4.78 is 20.4. The molecular formula is C16H14Br2FNO2. The molecule has 0 aromatic heterocycles. The molecule has 0 aliphatic carbocycles. The molecule has 2 aromatic rings. The number of likely N-dealkylation sites (N-methyl/N-ethyl adjacent to an activating group) is 1. The summed E-state index contributed by atoms with van der Waals surface area (Å²) in [5.74, 6) is -0.667. The number of carbonyl (C=O) groups is 1. The monoisotopic (exact) mass is 429 g/mol. The Hall–Kier alpha value is -1.40. The summed E-state index contributed by atoms with van der Waals surface area (Å²) in [6.07, 6.45) is 0. The third-order valence-corrected chi connectivity index (χ3v) is 4.30. The molecule has 22 heavy (non-hydrogen) atoms. The minimum atomic E-state index is -0.504. The van der Waals surface area contributed by atoms with Crippen LogP contribution in [0.2, 0.25) is 0 Å². The van der Waals surface area contributed by atoms with Gasteiger partial charge in [0, 0.05) is 22.5 Å². The zero-order chi connectivity index (χ0) is 16.1. The van der Waals surface area contributed by atoms with Crippen molar-refractivity contribution in [3.8, 4) is 5.75 Å². The van der Waals surface area contributed by atoms with Crippen LogP contribution >= 0.6 is 31.9 Å². The van der Waals surface area contributed by atoms with E-state index in [4.69, 9.17) is 4.74 Å². The Labute approximate surface area is 145 Å². The highest BCUT2D eigenvalue weighted by Gasteiger charge is 2.13. The van der Waals surface area contributed by atoms with E-state index in [2.05, 4.69) is 31.9 Å². The molecule has 0 heterocycles. The summed E-state index contributed by atoms with van der Waals surface area (Å²) >= 11 is 6.61. The Balaban J connectivity index is 1.93. The smallest absolute Gasteiger partial charge is 0.260 e. The van der Waals surface area contributed by atoms with E-state index in [-0.39, 0.29) is 18.3 Å². The Morgan fingerprint density at radius 2 is 1.95 bits per heavy atom. The summed E-state index contributed by atoms with van der Waals surface area (Å²) in [5.41, 5.74) is 0.994. The van der Waals surface area contributed by atoms with Gasteiger partial charge in [-0.25, -0.2) is 4.39 Å². The van der Waals surface area contributed by atoms with E-state index in [0.29, 0.717) is 11.0 Å². The average molecular weight is 431 g/mol. The van der Waals surface area contributed by atoms with Crippen molar-refractivity contribution in [1.29, 1.82) is 0 Å². The molecule has 0 N–H and O–H groups in total. The molecule has 0 saturated carbocycles. The van der Waals surface area contributed by atoms with E-state index in [9.17, 15) is 9.18 Å². The summed E-state index contributed by atoms with van der Waals surface area (Å²) in [4.78, 5) is 13.6. The fourth-order valence-electron chi connectivity index (χ4n) is 1.81. The lowest BCUT2D eigenvalue weighted by Gasteiger charge is -2.18. The van der Waals surface area contributed by atoms with Crippen molar-refractivity contribution in [1.82, 2.24) is 4.90 Å². The van der Waals surface area contributed by atoms with Crippen molar-refractivity contribution in [2.75, 3.05) is 13.7 Å². The number of nitrogens with zero attached hydrogens (tertiary/aromatic N) is 1. The van der Waals surface area contributed by atoms with E-state index >= 15 is 0 Å². The lowest BCUT2D eigenvalue weighted by molar-refractivity contribution is -0.132. The number of amides is 1. The minimum Gasteiger partial charge on any atom is -0.481 e. The molecule has 0 radical (unpaired) electrons. The second-order valence-corrected chi connectivity index (χ2v) is 6.47. The van der Waals surface area contributed by atoms with Gasteiger partial charge in [0.15, 0.2) is 18.2 Å². The van der Waals surface area contributed by atoms with Crippen LogP contribution < -0.4 is 4.74 Å². The normalized spacial score (nSPS) is 10.4. The molecule has 0 saturated heterocycles. The Morgan fingerprint density at radius 3 is 2.64 bits per heavy atom. The van der Waals surface area contributed by atoms with Crippen LogP contribution in [0.5, 0.6) is 5.75 Å². The van der Waals surface area contributed by atoms with Gasteiger partial charge in [-0.15, -0.1) is 0 Å². The minimum absolute atomic E-state index is 0.0610. The van der Waals surface area contributed by atoms with Crippen LogP contribution in [0.15, 0.2) is 51.4 Å². The highest BCUT2D eigenvalue weighted by molar-refractivity contribution is 9.10. The fraction of sp³-hybridized carbons (Fsp3) is 0.188. The van der Waals surface area contributed by atoms with Gasteiger partial charge < -0.3 is 9.64 Å². The van der Waals surface area contributed by atoms with Crippen molar-refractivity contribution in [3.05, 3.63) is 62.8 Å². The van der Waals surface area contributed by atoms with Crippen LogP contribution in [0, 0.1) is 5.82 Å². The maximum atomic E-state index is 13.6. The molecule has 3 nitrogen and oxygen atoms in total. The summed E-state index contributed by atoms with van der Waals surface area (Å²) in [6, 6.07) is 12.1. The van der Waals surface area contributed by atoms with Gasteiger partial charge in [0.05, 0.1) is 0 Å². The van der Waals surface area contributed by atoms with E-state index in [1.807, 2.05) is 24.3 Å². The molecule has 6 heteroatoms. The van der Waals surface area contributed by atoms with Crippen molar-refractivity contribution in [2.45, 2.75) is 6.54 Å². The second kappa shape index (κ2) is 7.74. The van der Waals surface area contributed by atoms with E-state index in [1.165, 1.54) is 17.0 Å². The Morgan fingerprint density at radius 1 is 1.23 bits per heavy atom. The second-order valence-electron chi connectivity index (χ2n) is 4.70. The molecule has 0 bridgehead atoms. The molecule has 0 aliphatic heterocycles. The van der Waals surface area contributed by atoms with Gasteiger partial charge in [-0.2, -0.15) is 0 Å². The van der Waals surface area contributed by atoms with E-state index in [0.717, 1.165) is 10.0 Å². The first-order chi connectivity index (χ1) is 10.5. The molecular weight excluding hydrogens is 417 g/mol. The largest absolute Gasteiger partial charge is 0.481 e. The lowest BCUT2D eigenvalue weighted by Crippen LogP contribution is -2.31. The summed E-state index contributed by atoms with van der Waals surface area (Å²) in [7, 11) is 1.68. The highest BCUT2D eigenvalue weighted by Crippen LogP contribution is 2.21. The topological polar surface area (TPSA) is 29.5 Å². The molecule has 2 rings (SSSR count). The van der Waals surface area contributed by atoms with Crippen LogP contribution in [-0.4, -0.2) is 24.5 Å². The number of halogens is 3. The summed E-state index contributed by atoms with van der Waals surface area (Å²) in [5, 5.41) is 0. The first-order valence-electron chi connectivity index (χ1n) is 6.52.